The second-order valence-corrected chi connectivity index (χ2v) is 7.81. The summed E-state index contributed by atoms with van der Waals surface area (Å²) in [5, 5.41) is 9.05. The molecule has 0 saturated heterocycles. The lowest BCUT2D eigenvalue weighted by atomic mass is 10.2. The van der Waals surface area contributed by atoms with E-state index in [9.17, 15) is 8.42 Å². The van der Waals surface area contributed by atoms with Gasteiger partial charge in [-0.15, -0.1) is 0 Å². The van der Waals surface area contributed by atoms with Crippen LogP contribution < -0.4 is 0 Å². The van der Waals surface area contributed by atoms with Crippen molar-refractivity contribution < 1.29 is 13.5 Å². The van der Waals surface area contributed by atoms with E-state index in [4.69, 9.17) is 16.7 Å². The van der Waals surface area contributed by atoms with Gasteiger partial charge < -0.3 is 5.11 Å². The molecule has 0 saturated carbocycles. The van der Waals surface area contributed by atoms with E-state index in [0.29, 0.717) is 11.0 Å². The van der Waals surface area contributed by atoms with Gasteiger partial charge in [0.1, 0.15) is 10.0 Å². The standard InChI is InChI=1S/C13H20BrClN2O3S/c1-2-3-4-5-6-17(7-8-18)21(19,20)12-9-11(14)10-16-13(12)15/h9-10,18H,2-8H2,1H3. The molecule has 0 atom stereocenters. The topological polar surface area (TPSA) is 70.5 Å². The highest BCUT2D eigenvalue weighted by molar-refractivity contribution is 9.10. The van der Waals surface area contributed by atoms with E-state index in [0.717, 1.165) is 25.7 Å². The van der Waals surface area contributed by atoms with Crippen molar-refractivity contribution in [2.24, 2.45) is 0 Å². The Morgan fingerprint density at radius 3 is 2.67 bits per heavy atom. The molecule has 8 heteroatoms. The quantitative estimate of drug-likeness (QED) is 0.512. The first-order valence-corrected chi connectivity index (χ1v) is 9.46. The summed E-state index contributed by atoms with van der Waals surface area (Å²) in [5.74, 6) is 0. The molecule has 1 aromatic rings. The summed E-state index contributed by atoms with van der Waals surface area (Å²) >= 11 is 9.11. The van der Waals surface area contributed by atoms with E-state index in [2.05, 4.69) is 27.8 Å². The molecule has 0 aliphatic heterocycles. The average molecular weight is 400 g/mol. The number of aliphatic hydroxyl groups is 1. The molecule has 5 nitrogen and oxygen atoms in total. The van der Waals surface area contributed by atoms with Gasteiger partial charge in [-0.25, -0.2) is 13.4 Å². The van der Waals surface area contributed by atoms with Crippen molar-refractivity contribution in [3.05, 3.63) is 21.9 Å². The highest BCUT2D eigenvalue weighted by Gasteiger charge is 2.27. The van der Waals surface area contributed by atoms with Crippen molar-refractivity contribution >= 4 is 37.6 Å². The molecule has 0 aliphatic carbocycles. The number of pyridine rings is 1. The molecule has 0 spiro atoms. The van der Waals surface area contributed by atoms with Gasteiger partial charge in [-0.05, 0) is 28.4 Å². The number of aromatic nitrogens is 1. The summed E-state index contributed by atoms with van der Waals surface area (Å²) in [4.78, 5) is 3.81. The number of hydrogen-bond donors (Lipinski definition) is 1. The number of nitrogens with zero attached hydrogens (tertiary/aromatic N) is 2. The third-order valence-electron chi connectivity index (χ3n) is 3.00. The van der Waals surface area contributed by atoms with Gasteiger partial charge in [0.25, 0.3) is 0 Å². The summed E-state index contributed by atoms with van der Waals surface area (Å²) < 4.78 is 27.1. The van der Waals surface area contributed by atoms with Crippen LogP contribution in [0.1, 0.15) is 32.6 Å². The lowest BCUT2D eigenvalue weighted by Crippen LogP contribution is -2.34. The Labute approximate surface area is 139 Å². The van der Waals surface area contributed by atoms with Gasteiger partial charge in [0.15, 0.2) is 0 Å². The molecule has 1 heterocycles. The zero-order chi connectivity index (χ0) is 15.9. The Kier molecular flexibility index (Phi) is 8.12. The monoisotopic (exact) mass is 398 g/mol. The summed E-state index contributed by atoms with van der Waals surface area (Å²) in [5.41, 5.74) is 0. The maximum absolute atomic E-state index is 12.6. The van der Waals surface area contributed by atoms with Crippen LogP contribution in [0.4, 0.5) is 0 Å². The first-order valence-electron chi connectivity index (χ1n) is 6.85. The largest absolute Gasteiger partial charge is 0.395 e. The van der Waals surface area contributed by atoms with Crippen molar-refractivity contribution in [1.29, 1.82) is 0 Å². The Balaban J connectivity index is 2.95. The maximum Gasteiger partial charge on any atom is 0.246 e. The number of rotatable bonds is 9. The molecule has 1 rings (SSSR count). The highest BCUT2D eigenvalue weighted by Crippen LogP contribution is 2.26. The van der Waals surface area contributed by atoms with Gasteiger partial charge >= 0.3 is 0 Å². The van der Waals surface area contributed by atoms with Gasteiger partial charge in [-0.1, -0.05) is 37.8 Å². The number of sulfonamides is 1. The lowest BCUT2D eigenvalue weighted by molar-refractivity contribution is 0.251. The van der Waals surface area contributed by atoms with Crippen LogP contribution in [0.2, 0.25) is 5.15 Å². The number of hydrogen-bond acceptors (Lipinski definition) is 4. The molecular weight excluding hydrogens is 380 g/mol. The van der Waals surface area contributed by atoms with Crippen molar-refractivity contribution in [3.8, 4) is 0 Å². The molecule has 0 aliphatic rings. The van der Waals surface area contributed by atoms with E-state index in [1.54, 1.807) is 0 Å². The molecule has 0 radical (unpaired) electrons. The molecule has 0 bridgehead atoms. The Morgan fingerprint density at radius 2 is 2.05 bits per heavy atom. The van der Waals surface area contributed by atoms with Crippen LogP contribution in [0.3, 0.4) is 0 Å². The SMILES string of the molecule is CCCCCCN(CCO)S(=O)(=O)c1cc(Br)cnc1Cl. The zero-order valence-electron chi connectivity index (χ0n) is 11.9. The summed E-state index contributed by atoms with van der Waals surface area (Å²) in [6.45, 7) is 2.28. The zero-order valence-corrected chi connectivity index (χ0v) is 15.1. The fraction of sp³-hybridized carbons (Fsp3) is 0.615. The summed E-state index contributed by atoms with van der Waals surface area (Å²) in [6.07, 6.45) is 5.30. The second kappa shape index (κ2) is 9.05. The fourth-order valence-corrected chi connectivity index (χ4v) is 4.29. The molecule has 1 aromatic heterocycles. The van der Waals surface area contributed by atoms with E-state index in [-0.39, 0.29) is 23.2 Å². The smallest absolute Gasteiger partial charge is 0.246 e. The molecule has 1 N–H and O–H groups in total. The van der Waals surface area contributed by atoms with Crippen LogP contribution in [0, 0.1) is 0 Å². The van der Waals surface area contributed by atoms with E-state index in [1.165, 1.54) is 16.6 Å². The molecule has 0 fully saturated rings. The van der Waals surface area contributed by atoms with Crippen LogP contribution in [0.25, 0.3) is 0 Å². The molecule has 0 aromatic carbocycles. The Morgan fingerprint density at radius 1 is 1.33 bits per heavy atom. The fourth-order valence-electron chi connectivity index (χ4n) is 1.90. The maximum atomic E-state index is 12.6. The van der Waals surface area contributed by atoms with E-state index in [1.807, 2.05) is 0 Å². The minimum atomic E-state index is -3.75. The van der Waals surface area contributed by atoms with Crippen molar-refractivity contribution in [2.45, 2.75) is 37.5 Å². The van der Waals surface area contributed by atoms with Crippen LogP contribution in [0.5, 0.6) is 0 Å². The first kappa shape index (κ1) is 18.8. The van der Waals surface area contributed by atoms with E-state index >= 15 is 0 Å². The minimum Gasteiger partial charge on any atom is -0.395 e. The summed E-state index contributed by atoms with van der Waals surface area (Å²) in [7, 11) is -3.75. The summed E-state index contributed by atoms with van der Waals surface area (Å²) in [6, 6.07) is 1.43. The Bertz CT molecular complexity index is 554. The Hall–Kier alpha value is -0.210. The molecule has 0 unspecified atom stereocenters. The first-order chi connectivity index (χ1) is 9.93. The van der Waals surface area contributed by atoms with Crippen molar-refractivity contribution in [2.75, 3.05) is 19.7 Å². The van der Waals surface area contributed by atoms with Gasteiger partial charge in [0.2, 0.25) is 10.0 Å². The van der Waals surface area contributed by atoms with Gasteiger partial charge in [-0.3, -0.25) is 0 Å². The van der Waals surface area contributed by atoms with Crippen LogP contribution in [0.15, 0.2) is 21.6 Å². The van der Waals surface area contributed by atoms with E-state index < -0.39 is 10.0 Å². The lowest BCUT2D eigenvalue weighted by Gasteiger charge is -2.21. The van der Waals surface area contributed by atoms with Crippen molar-refractivity contribution in [1.82, 2.24) is 9.29 Å². The predicted molar refractivity (Wildman–Crippen MR) is 86.9 cm³/mol. The van der Waals surface area contributed by atoms with Crippen LogP contribution >= 0.6 is 27.5 Å². The third-order valence-corrected chi connectivity index (χ3v) is 5.76. The van der Waals surface area contributed by atoms with Gasteiger partial charge in [0, 0.05) is 23.8 Å². The van der Waals surface area contributed by atoms with Crippen LogP contribution in [-0.2, 0) is 10.0 Å². The molecular formula is C13H20BrClN2O3S. The molecule has 0 amide bonds. The molecule has 21 heavy (non-hydrogen) atoms. The predicted octanol–water partition coefficient (Wildman–Crippen LogP) is 3.06. The second-order valence-electron chi connectivity index (χ2n) is 4.63. The van der Waals surface area contributed by atoms with Gasteiger partial charge in [0.05, 0.1) is 6.61 Å². The van der Waals surface area contributed by atoms with Gasteiger partial charge in [-0.2, -0.15) is 4.31 Å². The molecule has 120 valence electrons. The van der Waals surface area contributed by atoms with Crippen molar-refractivity contribution in [3.63, 3.8) is 0 Å². The number of halogens is 2. The normalized spacial score (nSPS) is 12.0. The average Bonchev–Trinajstić information content (AvgIpc) is 2.44. The number of aliphatic hydroxyl groups excluding tert-OH is 1. The highest BCUT2D eigenvalue weighted by atomic mass is 79.9. The number of unbranched alkanes of at least 4 members (excludes halogenated alkanes) is 3. The third kappa shape index (κ3) is 5.49. The minimum absolute atomic E-state index is 0.0394. The van der Waals surface area contributed by atoms with Crippen LogP contribution in [-0.4, -0.2) is 42.5 Å².